The third kappa shape index (κ3) is 5.25. The van der Waals surface area contributed by atoms with E-state index >= 15 is 0 Å². The SMILES string of the molecule is O=C(Nc1cccc(NC(=O)N(CC2CC2)C[C@H]2CCCO2)c1)C1CCCC1. The van der Waals surface area contributed by atoms with E-state index in [1.807, 2.05) is 29.2 Å². The minimum absolute atomic E-state index is 0.0818. The first kappa shape index (κ1) is 19.2. The van der Waals surface area contributed by atoms with Crippen LogP contribution in [0.2, 0.25) is 0 Å². The van der Waals surface area contributed by atoms with Gasteiger partial charge in [-0.25, -0.2) is 4.79 Å². The van der Waals surface area contributed by atoms with Crippen molar-refractivity contribution in [1.82, 2.24) is 4.90 Å². The highest BCUT2D eigenvalue weighted by molar-refractivity contribution is 5.94. The van der Waals surface area contributed by atoms with Crippen molar-refractivity contribution in [2.75, 3.05) is 30.3 Å². The van der Waals surface area contributed by atoms with E-state index < -0.39 is 0 Å². The molecule has 1 aromatic carbocycles. The van der Waals surface area contributed by atoms with Gasteiger partial charge in [-0.15, -0.1) is 0 Å². The van der Waals surface area contributed by atoms with Crippen LogP contribution in [0.3, 0.4) is 0 Å². The summed E-state index contributed by atoms with van der Waals surface area (Å²) in [5, 5.41) is 6.02. The van der Waals surface area contributed by atoms with E-state index in [2.05, 4.69) is 10.6 Å². The van der Waals surface area contributed by atoms with Gasteiger partial charge in [-0.1, -0.05) is 18.9 Å². The molecule has 1 aromatic rings. The quantitative estimate of drug-likeness (QED) is 0.737. The van der Waals surface area contributed by atoms with Gasteiger partial charge in [-0.2, -0.15) is 0 Å². The Labute approximate surface area is 167 Å². The molecule has 0 spiro atoms. The Morgan fingerprint density at radius 1 is 0.964 bits per heavy atom. The third-order valence-electron chi connectivity index (χ3n) is 6.02. The normalized spacial score (nSPS) is 22.2. The molecule has 2 N–H and O–H groups in total. The van der Waals surface area contributed by atoms with Crippen molar-refractivity contribution in [1.29, 1.82) is 0 Å². The van der Waals surface area contributed by atoms with Crippen LogP contribution in [0.5, 0.6) is 0 Å². The highest BCUT2D eigenvalue weighted by Gasteiger charge is 2.29. The van der Waals surface area contributed by atoms with Crippen LogP contribution in [-0.2, 0) is 9.53 Å². The van der Waals surface area contributed by atoms with E-state index in [-0.39, 0.29) is 24.0 Å². The molecule has 1 atom stereocenters. The van der Waals surface area contributed by atoms with Crippen LogP contribution < -0.4 is 10.6 Å². The molecule has 3 aliphatic rings. The van der Waals surface area contributed by atoms with Gasteiger partial charge < -0.3 is 20.3 Å². The van der Waals surface area contributed by atoms with E-state index in [1.165, 1.54) is 12.8 Å². The molecular formula is C22H31N3O3. The average Bonchev–Trinajstić information content (AvgIpc) is 3.13. The lowest BCUT2D eigenvalue weighted by Crippen LogP contribution is -2.41. The van der Waals surface area contributed by atoms with Crippen LogP contribution in [0.15, 0.2) is 24.3 Å². The summed E-state index contributed by atoms with van der Waals surface area (Å²) in [4.78, 5) is 27.1. The number of hydrogen-bond donors (Lipinski definition) is 2. The lowest BCUT2D eigenvalue weighted by Gasteiger charge is -2.26. The Bertz CT molecular complexity index is 692. The van der Waals surface area contributed by atoms with E-state index in [0.29, 0.717) is 18.2 Å². The predicted octanol–water partition coefficient (Wildman–Crippen LogP) is 4.24. The number of benzene rings is 1. The Morgan fingerprint density at radius 3 is 2.39 bits per heavy atom. The van der Waals surface area contributed by atoms with Gasteiger partial charge >= 0.3 is 6.03 Å². The molecule has 6 nitrogen and oxygen atoms in total. The van der Waals surface area contributed by atoms with Gasteiger partial charge in [-0.05, 0) is 62.6 Å². The number of ether oxygens (including phenoxy) is 1. The lowest BCUT2D eigenvalue weighted by atomic mass is 10.1. The molecule has 28 heavy (non-hydrogen) atoms. The maximum atomic E-state index is 12.9. The number of rotatable bonds is 7. The number of carbonyl (C=O) groups is 2. The van der Waals surface area contributed by atoms with Gasteiger partial charge in [0.25, 0.3) is 0 Å². The van der Waals surface area contributed by atoms with Crippen molar-refractivity contribution in [2.45, 2.75) is 57.5 Å². The topological polar surface area (TPSA) is 70.7 Å². The summed E-state index contributed by atoms with van der Waals surface area (Å²) in [5.74, 6) is 0.845. The summed E-state index contributed by atoms with van der Waals surface area (Å²) in [7, 11) is 0. The second kappa shape index (κ2) is 8.95. The van der Waals surface area contributed by atoms with Crippen LogP contribution in [0.4, 0.5) is 16.2 Å². The standard InChI is InChI=1S/C22H31N3O3/c26-21(17-5-1-2-6-17)23-18-7-3-8-19(13-18)24-22(27)25(14-16-10-11-16)15-20-9-4-12-28-20/h3,7-8,13,16-17,20H,1-2,4-6,9-12,14-15H2,(H,23,26)(H,24,27)/t20-/m1/s1. The predicted molar refractivity (Wildman–Crippen MR) is 109 cm³/mol. The molecule has 3 fully saturated rings. The van der Waals surface area contributed by atoms with Gasteiger partial charge in [0.05, 0.1) is 6.10 Å². The highest BCUT2D eigenvalue weighted by atomic mass is 16.5. The Hall–Kier alpha value is -2.08. The highest BCUT2D eigenvalue weighted by Crippen LogP contribution is 2.31. The fourth-order valence-corrected chi connectivity index (χ4v) is 4.20. The molecule has 3 amide bonds. The molecule has 1 saturated heterocycles. The van der Waals surface area contributed by atoms with E-state index in [1.54, 1.807) is 0 Å². The number of nitrogens with one attached hydrogen (secondary N) is 2. The second-order valence-corrected chi connectivity index (χ2v) is 8.46. The van der Waals surface area contributed by atoms with Crippen molar-refractivity contribution < 1.29 is 14.3 Å². The molecule has 0 bridgehead atoms. The van der Waals surface area contributed by atoms with E-state index in [4.69, 9.17) is 4.74 Å². The summed E-state index contributed by atoms with van der Waals surface area (Å²) in [6.07, 6.45) is 8.88. The maximum Gasteiger partial charge on any atom is 0.321 e. The second-order valence-electron chi connectivity index (χ2n) is 8.46. The first-order valence-electron chi connectivity index (χ1n) is 10.8. The fourth-order valence-electron chi connectivity index (χ4n) is 4.20. The summed E-state index contributed by atoms with van der Waals surface area (Å²) < 4.78 is 5.73. The number of carbonyl (C=O) groups excluding carboxylic acids is 2. The molecule has 0 aromatic heterocycles. The van der Waals surface area contributed by atoms with Crippen LogP contribution in [0, 0.1) is 11.8 Å². The van der Waals surface area contributed by atoms with Gasteiger partial charge in [0, 0.05) is 37.0 Å². The first-order chi connectivity index (χ1) is 13.7. The van der Waals surface area contributed by atoms with Crippen molar-refractivity contribution in [2.24, 2.45) is 11.8 Å². The van der Waals surface area contributed by atoms with Crippen molar-refractivity contribution in [3.05, 3.63) is 24.3 Å². The molecule has 0 radical (unpaired) electrons. The fraction of sp³-hybridized carbons (Fsp3) is 0.636. The molecule has 152 valence electrons. The molecule has 6 heteroatoms. The number of amides is 3. The molecule has 1 aliphatic heterocycles. The van der Waals surface area contributed by atoms with Crippen molar-refractivity contribution in [3.63, 3.8) is 0 Å². The van der Waals surface area contributed by atoms with Crippen LogP contribution in [-0.4, -0.2) is 42.6 Å². The zero-order valence-corrected chi connectivity index (χ0v) is 16.5. The molecule has 4 rings (SSSR count). The van der Waals surface area contributed by atoms with Gasteiger partial charge in [-0.3, -0.25) is 4.79 Å². The lowest BCUT2D eigenvalue weighted by molar-refractivity contribution is -0.119. The summed E-state index contributed by atoms with van der Waals surface area (Å²) in [6.45, 7) is 2.25. The molecular weight excluding hydrogens is 354 g/mol. The molecule has 1 heterocycles. The van der Waals surface area contributed by atoms with Crippen molar-refractivity contribution in [3.8, 4) is 0 Å². The monoisotopic (exact) mass is 385 g/mol. The zero-order chi connectivity index (χ0) is 19.3. The van der Waals surface area contributed by atoms with Crippen molar-refractivity contribution >= 4 is 23.3 Å². The number of anilines is 2. The van der Waals surface area contributed by atoms with Gasteiger partial charge in [0.15, 0.2) is 0 Å². The Balaban J connectivity index is 1.35. The minimum atomic E-state index is -0.0818. The average molecular weight is 386 g/mol. The number of hydrogen-bond acceptors (Lipinski definition) is 3. The molecule has 0 unspecified atom stereocenters. The molecule has 2 aliphatic carbocycles. The van der Waals surface area contributed by atoms with E-state index in [9.17, 15) is 9.59 Å². The number of urea groups is 1. The Morgan fingerprint density at radius 2 is 1.71 bits per heavy atom. The number of nitrogens with zero attached hydrogens (tertiary/aromatic N) is 1. The van der Waals surface area contributed by atoms with E-state index in [0.717, 1.165) is 57.4 Å². The van der Waals surface area contributed by atoms with Crippen LogP contribution in [0.25, 0.3) is 0 Å². The summed E-state index contributed by atoms with van der Waals surface area (Å²) in [6, 6.07) is 7.36. The summed E-state index contributed by atoms with van der Waals surface area (Å²) in [5.41, 5.74) is 1.45. The first-order valence-corrected chi connectivity index (χ1v) is 10.8. The Kier molecular flexibility index (Phi) is 6.15. The van der Waals surface area contributed by atoms with Crippen LogP contribution in [0.1, 0.15) is 51.4 Å². The largest absolute Gasteiger partial charge is 0.376 e. The minimum Gasteiger partial charge on any atom is -0.376 e. The maximum absolute atomic E-state index is 12.9. The van der Waals surface area contributed by atoms with Crippen LogP contribution >= 0.6 is 0 Å². The zero-order valence-electron chi connectivity index (χ0n) is 16.5. The summed E-state index contributed by atoms with van der Waals surface area (Å²) >= 11 is 0. The smallest absolute Gasteiger partial charge is 0.321 e. The third-order valence-corrected chi connectivity index (χ3v) is 6.02. The molecule has 2 saturated carbocycles. The van der Waals surface area contributed by atoms with Gasteiger partial charge in [0.1, 0.15) is 0 Å². The van der Waals surface area contributed by atoms with Gasteiger partial charge in [0.2, 0.25) is 5.91 Å².